The first kappa shape index (κ1) is 10.2. The Morgan fingerprint density at radius 2 is 2.23 bits per heavy atom. The second kappa shape index (κ2) is 3.86. The Balaban J connectivity index is 0.000000149. The molecular formula is C6H10N2O4S. The van der Waals surface area contributed by atoms with E-state index in [2.05, 4.69) is 10.5 Å². The van der Waals surface area contributed by atoms with Crippen molar-refractivity contribution in [2.24, 2.45) is 0 Å². The van der Waals surface area contributed by atoms with E-state index in [-0.39, 0.29) is 0 Å². The Morgan fingerprint density at radius 1 is 1.62 bits per heavy atom. The van der Waals surface area contributed by atoms with Crippen LogP contribution in [0.15, 0.2) is 10.8 Å². The van der Waals surface area contributed by atoms with Crippen molar-refractivity contribution in [3.8, 4) is 0 Å². The zero-order chi connectivity index (χ0) is 9.90. The summed E-state index contributed by atoms with van der Waals surface area (Å²) in [6.07, 6.45) is 2.41. The summed E-state index contributed by atoms with van der Waals surface area (Å²) >= 11 is 0. The number of fused-ring (bicyclic) bond motifs is 1. The molecule has 0 radical (unpaired) electrons. The fourth-order valence-corrected chi connectivity index (χ4v) is 0.885. The monoisotopic (exact) mass is 206 g/mol. The average molecular weight is 206 g/mol. The van der Waals surface area contributed by atoms with Crippen LogP contribution in [0.2, 0.25) is 0 Å². The number of hydrogen-bond donors (Lipinski definition) is 2. The van der Waals surface area contributed by atoms with E-state index in [4.69, 9.17) is 9.08 Å². The lowest BCUT2D eigenvalue weighted by Gasteiger charge is -1.81. The van der Waals surface area contributed by atoms with E-state index in [0.717, 1.165) is 18.8 Å². The lowest BCUT2D eigenvalue weighted by Crippen LogP contribution is -2.01. The van der Waals surface area contributed by atoms with E-state index in [1.807, 2.05) is 0 Å². The third-order valence-electron chi connectivity index (χ3n) is 1.34. The summed E-state index contributed by atoms with van der Waals surface area (Å²) in [6.45, 7) is 1.78. The van der Waals surface area contributed by atoms with Crippen LogP contribution in [0.25, 0.3) is 0 Å². The second-order valence-corrected chi connectivity index (χ2v) is 4.09. The van der Waals surface area contributed by atoms with Gasteiger partial charge in [0.1, 0.15) is 12.0 Å². The molecule has 1 aliphatic rings. The van der Waals surface area contributed by atoms with Crippen molar-refractivity contribution in [1.29, 1.82) is 0 Å². The number of nitrogens with one attached hydrogen (secondary N) is 1. The van der Waals surface area contributed by atoms with Crippen molar-refractivity contribution in [3.05, 3.63) is 17.5 Å². The van der Waals surface area contributed by atoms with Crippen molar-refractivity contribution >= 4 is 10.1 Å². The van der Waals surface area contributed by atoms with E-state index < -0.39 is 10.1 Å². The predicted molar refractivity (Wildman–Crippen MR) is 44.5 cm³/mol. The Morgan fingerprint density at radius 3 is 2.77 bits per heavy atom. The number of hydrogen-bond acceptors (Lipinski definition) is 5. The third kappa shape index (κ3) is 4.02. The summed E-state index contributed by atoms with van der Waals surface area (Å²) < 4.78 is 30.6. The Bertz CT molecular complexity index is 343. The van der Waals surface area contributed by atoms with Crippen LogP contribution in [-0.2, 0) is 23.2 Å². The zero-order valence-corrected chi connectivity index (χ0v) is 7.84. The van der Waals surface area contributed by atoms with Crippen LogP contribution in [0.5, 0.6) is 0 Å². The number of nitrogens with zero attached hydrogens (tertiary/aromatic N) is 1. The molecule has 6 nitrogen and oxygen atoms in total. The van der Waals surface area contributed by atoms with Crippen LogP contribution >= 0.6 is 0 Å². The number of rotatable bonds is 0. The maximum absolute atomic E-state index is 9.19. The van der Waals surface area contributed by atoms with Crippen LogP contribution in [-0.4, -0.2) is 24.4 Å². The molecule has 74 valence electrons. The highest BCUT2D eigenvalue weighted by atomic mass is 32.2. The van der Waals surface area contributed by atoms with Gasteiger partial charge in [0.05, 0.1) is 6.26 Å². The van der Waals surface area contributed by atoms with Gasteiger partial charge in [-0.25, -0.2) is 0 Å². The van der Waals surface area contributed by atoms with Crippen molar-refractivity contribution in [3.63, 3.8) is 0 Å². The SMILES string of the molecule is CS(=O)(=O)O.c1onc2c1CNC2. The molecule has 2 rings (SSSR count). The molecule has 2 N–H and O–H groups in total. The third-order valence-corrected chi connectivity index (χ3v) is 1.34. The van der Waals surface area contributed by atoms with Gasteiger partial charge in [-0.3, -0.25) is 4.55 Å². The first-order valence-corrected chi connectivity index (χ1v) is 5.37. The van der Waals surface area contributed by atoms with E-state index in [9.17, 15) is 8.42 Å². The molecule has 0 spiro atoms. The molecule has 0 bridgehead atoms. The van der Waals surface area contributed by atoms with Gasteiger partial charge in [-0.2, -0.15) is 8.42 Å². The summed E-state index contributed by atoms with van der Waals surface area (Å²) in [5.74, 6) is 0. The maximum atomic E-state index is 9.19. The molecule has 0 atom stereocenters. The van der Waals surface area contributed by atoms with E-state index in [0.29, 0.717) is 6.26 Å². The minimum atomic E-state index is -3.67. The standard InChI is InChI=1S/C5H6N2O.CH4O3S/c1-4-3-8-7-5(4)2-6-1;1-5(2,3)4/h3,6H,1-2H2;1H3,(H,2,3,4). The van der Waals surface area contributed by atoms with Crippen molar-refractivity contribution in [2.75, 3.05) is 6.26 Å². The molecule has 0 unspecified atom stereocenters. The van der Waals surface area contributed by atoms with Crippen molar-refractivity contribution in [2.45, 2.75) is 13.1 Å². The Labute approximate surface area is 75.7 Å². The minimum Gasteiger partial charge on any atom is -0.364 e. The summed E-state index contributed by atoms with van der Waals surface area (Å²) in [7, 11) is -3.67. The molecule has 0 amide bonds. The highest BCUT2D eigenvalue weighted by Gasteiger charge is 2.12. The maximum Gasteiger partial charge on any atom is 0.261 e. The topological polar surface area (TPSA) is 92.4 Å². The second-order valence-electron chi connectivity index (χ2n) is 2.62. The molecule has 0 aliphatic carbocycles. The van der Waals surface area contributed by atoms with Gasteiger partial charge in [0, 0.05) is 18.7 Å². The van der Waals surface area contributed by atoms with Crippen LogP contribution in [0.1, 0.15) is 11.3 Å². The van der Waals surface area contributed by atoms with Gasteiger partial charge in [0.25, 0.3) is 10.1 Å². The van der Waals surface area contributed by atoms with Gasteiger partial charge < -0.3 is 9.84 Å². The van der Waals surface area contributed by atoms with Crippen LogP contribution < -0.4 is 5.32 Å². The van der Waals surface area contributed by atoms with Crippen LogP contribution in [0.4, 0.5) is 0 Å². The highest BCUT2D eigenvalue weighted by Crippen LogP contribution is 2.10. The molecule has 1 aromatic heterocycles. The van der Waals surface area contributed by atoms with E-state index >= 15 is 0 Å². The van der Waals surface area contributed by atoms with E-state index in [1.54, 1.807) is 6.26 Å². The molecule has 1 aromatic rings. The summed E-state index contributed by atoms with van der Waals surface area (Å²) in [5.41, 5.74) is 2.26. The molecule has 0 saturated heterocycles. The molecule has 0 saturated carbocycles. The Hall–Kier alpha value is -0.920. The van der Waals surface area contributed by atoms with Gasteiger partial charge in [-0.15, -0.1) is 0 Å². The lowest BCUT2D eigenvalue weighted by atomic mass is 10.3. The first-order valence-electron chi connectivity index (χ1n) is 3.52. The first-order chi connectivity index (χ1) is 5.97. The van der Waals surface area contributed by atoms with Crippen molar-refractivity contribution in [1.82, 2.24) is 10.5 Å². The van der Waals surface area contributed by atoms with Gasteiger partial charge in [-0.1, -0.05) is 5.16 Å². The van der Waals surface area contributed by atoms with Gasteiger partial charge >= 0.3 is 0 Å². The smallest absolute Gasteiger partial charge is 0.261 e. The molecule has 0 fully saturated rings. The quantitative estimate of drug-likeness (QED) is 0.570. The average Bonchev–Trinajstić information content (AvgIpc) is 2.36. The lowest BCUT2D eigenvalue weighted by molar-refractivity contribution is 0.405. The summed E-state index contributed by atoms with van der Waals surface area (Å²) in [4.78, 5) is 0. The molecular weight excluding hydrogens is 196 g/mol. The largest absolute Gasteiger partial charge is 0.364 e. The van der Waals surface area contributed by atoms with Crippen molar-refractivity contribution < 1.29 is 17.5 Å². The molecule has 2 heterocycles. The highest BCUT2D eigenvalue weighted by molar-refractivity contribution is 7.85. The fraction of sp³-hybridized carbons (Fsp3) is 0.500. The summed E-state index contributed by atoms with van der Waals surface area (Å²) in [6, 6.07) is 0. The summed E-state index contributed by atoms with van der Waals surface area (Å²) in [5, 5.41) is 6.90. The van der Waals surface area contributed by atoms with E-state index in [1.165, 1.54) is 5.56 Å². The van der Waals surface area contributed by atoms with Crippen LogP contribution in [0.3, 0.4) is 0 Å². The normalized spacial score (nSPS) is 14.6. The minimum absolute atomic E-state index is 0.715. The number of aromatic nitrogens is 1. The predicted octanol–water partition coefficient (Wildman–Crippen LogP) is -0.218. The zero-order valence-electron chi connectivity index (χ0n) is 7.02. The molecule has 0 aromatic carbocycles. The van der Waals surface area contributed by atoms with Gasteiger partial charge in [0.15, 0.2) is 0 Å². The van der Waals surface area contributed by atoms with Gasteiger partial charge in [0.2, 0.25) is 0 Å². The molecule has 1 aliphatic heterocycles. The Kier molecular flexibility index (Phi) is 3.02. The van der Waals surface area contributed by atoms with Crippen LogP contribution in [0, 0.1) is 0 Å². The molecule has 13 heavy (non-hydrogen) atoms. The molecule has 7 heteroatoms. The van der Waals surface area contributed by atoms with Gasteiger partial charge in [-0.05, 0) is 0 Å². The fourth-order valence-electron chi connectivity index (χ4n) is 0.885.